The van der Waals surface area contributed by atoms with Crippen molar-refractivity contribution < 1.29 is 19.0 Å². The van der Waals surface area contributed by atoms with Gasteiger partial charge in [0, 0.05) is 43.0 Å². The van der Waals surface area contributed by atoms with Crippen LogP contribution in [-0.4, -0.2) is 37.2 Å². The first-order chi connectivity index (χ1) is 14.1. The lowest BCUT2D eigenvalue weighted by atomic mass is 10.2. The van der Waals surface area contributed by atoms with Gasteiger partial charge in [0.1, 0.15) is 0 Å². The minimum Gasteiger partial charge on any atom is -0.493 e. The van der Waals surface area contributed by atoms with Crippen LogP contribution in [0, 0.1) is 0 Å². The molecule has 0 aliphatic rings. The maximum Gasteiger partial charge on any atom is 0.253 e. The van der Waals surface area contributed by atoms with Gasteiger partial charge in [-0.05, 0) is 23.8 Å². The zero-order chi connectivity index (χ0) is 20.6. The van der Waals surface area contributed by atoms with E-state index in [1.54, 1.807) is 58.1 Å². The Morgan fingerprint density at radius 1 is 0.897 bits per heavy atom. The molecule has 0 aliphatic carbocycles. The fourth-order valence-electron chi connectivity index (χ4n) is 2.74. The van der Waals surface area contributed by atoms with Crippen LogP contribution in [0.5, 0.6) is 17.2 Å². The van der Waals surface area contributed by atoms with Gasteiger partial charge >= 0.3 is 0 Å². The van der Waals surface area contributed by atoms with Gasteiger partial charge in [0.15, 0.2) is 11.5 Å². The van der Waals surface area contributed by atoms with Crippen molar-refractivity contribution in [2.24, 2.45) is 0 Å². The fraction of sp³-hybridized carbons (Fsp3) is 0.190. The SMILES string of the molecule is COc1cc(Nc2cncc(C(=O)NCc3ccncc3)c2)cc(OC)c1OC. The van der Waals surface area contributed by atoms with E-state index in [9.17, 15) is 4.79 Å². The Morgan fingerprint density at radius 2 is 1.59 bits per heavy atom. The number of benzene rings is 1. The van der Waals surface area contributed by atoms with Crippen LogP contribution >= 0.6 is 0 Å². The highest BCUT2D eigenvalue weighted by molar-refractivity contribution is 5.94. The summed E-state index contributed by atoms with van der Waals surface area (Å²) in [4.78, 5) is 20.6. The minimum absolute atomic E-state index is 0.220. The van der Waals surface area contributed by atoms with E-state index in [-0.39, 0.29) is 5.91 Å². The summed E-state index contributed by atoms with van der Waals surface area (Å²) in [5.74, 6) is 1.33. The molecule has 0 unspecified atom stereocenters. The smallest absolute Gasteiger partial charge is 0.253 e. The van der Waals surface area contributed by atoms with E-state index in [2.05, 4.69) is 20.6 Å². The van der Waals surface area contributed by atoms with E-state index in [0.717, 1.165) is 5.56 Å². The number of methoxy groups -OCH3 is 3. The van der Waals surface area contributed by atoms with Crippen LogP contribution in [-0.2, 0) is 6.54 Å². The molecule has 29 heavy (non-hydrogen) atoms. The molecule has 2 aromatic heterocycles. The Labute approximate surface area is 168 Å². The van der Waals surface area contributed by atoms with Crippen molar-refractivity contribution in [1.82, 2.24) is 15.3 Å². The molecular weight excluding hydrogens is 372 g/mol. The van der Waals surface area contributed by atoms with Gasteiger partial charge in [-0.1, -0.05) is 0 Å². The average molecular weight is 394 g/mol. The molecule has 0 saturated carbocycles. The molecular formula is C21H22N4O4. The molecule has 8 nitrogen and oxygen atoms in total. The van der Waals surface area contributed by atoms with Gasteiger partial charge in [-0.3, -0.25) is 14.8 Å². The zero-order valence-electron chi connectivity index (χ0n) is 16.4. The van der Waals surface area contributed by atoms with E-state index in [1.807, 2.05) is 12.1 Å². The van der Waals surface area contributed by atoms with Gasteiger partial charge in [-0.25, -0.2) is 0 Å². The Morgan fingerprint density at radius 3 is 2.21 bits per heavy atom. The molecule has 0 radical (unpaired) electrons. The standard InChI is InChI=1S/C21H22N4O4/c1-27-18-9-16(10-19(28-2)20(18)29-3)25-17-8-15(12-23-13-17)21(26)24-11-14-4-6-22-7-5-14/h4-10,12-13,25H,11H2,1-3H3,(H,24,26). The Hall–Kier alpha value is -3.81. The predicted molar refractivity (Wildman–Crippen MR) is 109 cm³/mol. The second-order valence-corrected chi connectivity index (χ2v) is 6.04. The van der Waals surface area contributed by atoms with Crippen molar-refractivity contribution in [2.75, 3.05) is 26.6 Å². The molecule has 150 valence electrons. The number of nitrogens with zero attached hydrogens (tertiary/aromatic N) is 2. The highest BCUT2D eigenvalue weighted by atomic mass is 16.5. The summed E-state index contributed by atoms with van der Waals surface area (Å²) in [7, 11) is 4.65. The number of hydrogen-bond donors (Lipinski definition) is 2. The molecule has 0 bridgehead atoms. The normalized spacial score (nSPS) is 10.2. The highest BCUT2D eigenvalue weighted by Crippen LogP contribution is 2.40. The van der Waals surface area contributed by atoms with Crippen LogP contribution < -0.4 is 24.8 Å². The molecule has 0 atom stereocenters. The topological polar surface area (TPSA) is 94.6 Å². The molecule has 1 aromatic carbocycles. The predicted octanol–water partition coefficient (Wildman–Crippen LogP) is 3.18. The molecule has 0 aliphatic heterocycles. The first-order valence-corrected chi connectivity index (χ1v) is 8.83. The van der Waals surface area contributed by atoms with E-state index in [0.29, 0.717) is 40.7 Å². The lowest BCUT2D eigenvalue weighted by molar-refractivity contribution is 0.0950. The summed E-state index contributed by atoms with van der Waals surface area (Å²) < 4.78 is 16.1. The highest BCUT2D eigenvalue weighted by Gasteiger charge is 2.14. The van der Waals surface area contributed by atoms with Gasteiger partial charge in [0.25, 0.3) is 5.91 Å². The largest absolute Gasteiger partial charge is 0.493 e. The Kier molecular flexibility index (Phi) is 6.47. The lowest BCUT2D eigenvalue weighted by Crippen LogP contribution is -2.23. The molecule has 1 amide bonds. The first kappa shape index (κ1) is 19.9. The van der Waals surface area contributed by atoms with Crippen LogP contribution in [0.4, 0.5) is 11.4 Å². The lowest BCUT2D eigenvalue weighted by Gasteiger charge is -2.15. The van der Waals surface area contributed by atoms with Crippen molar-refractivity contribution in [2.45, 2.75) is 6.54 Å². The quantitative estimate of drug-likeness (QED) is 0.606. The third-order valence-corrected chi connectivity index (χ3v) is 4.16. The number of ether oxygens (including phenoxy) is 3. The molecule has 8 heteroatoms. The number of aromatic nitrogens is 2. The van der Waals surface area contributed by atoms with Gasteiger partial charge in [0.05, 0.1) is 38.8 Å². The number of hydrogen-bond acceptors (Lipinski definition) is 7. The number of carbonyl (C=O) groups excluding carboxylic acids is 1. The zero-order valence-corrected chi connectivity index (χ0v) is 16.4. The minimum atomic E-state index is -0.220. The molecule has 2 heterocycles. The molecule has 0 spiro atoms. The van der Waals surface area contributed by atoms with E-state index in [4.69, 9.17) is 14.2 Å². The van der Waals surface area contributed by atoms with Crippen LogP contribution in [0.25, 0.3) is 0 Å². The van der Waals surface area contributed by atoms with Crippen molar-refractivity contribution in [1.29, 1.82) is 0 Å². The number of carbonyl (C=O) groups is 1. The second kappa shape index (κ2) is 9.41. The second-order valence-electron chi connectivity index (χ2n) is 6.04. The summed E-state index contributed by atoms with van der Waals surface area (Å²) in [5.41, 5.74) is 2.76. The first-order valence-electron chi connectivity index (χ1n) is 8.83. The summed E-state index contributed by atoms with van der Waals surface area (Å²) in [6, 6.07) is 8.97. The van der Waals surface area contributed by atoms with Gasteiger partial charge in [-0.15, -0.1) is 0 Å². The summed E-state index contributed by atoms with van der Waals surface area (Å²) in [6.45, 7) is 0.409. The van der Waals surface area contributed by atoms with Gasteiger partial charge < -0.3 is 24.8 Å². The van der Waals surface area contributed by atoms with Crippen LogP contribution in [0.3, 0.4) is 0 Å². The summed E-state index contributed by atoms with van der Waals surface area (Å²) in [5, 5.41) is 6.07. The molecule has 2 N–H and O–H groups in total. The van der Waals surface area contributed by atoms with Gasteiger partial charge in [-0.2, -0.15) is 0 Å². The van der Waals surface area contributed by atoms with E-state index < -0.39 is 0 Å². The molecule has 3 rings (SSSR count). The van der Waals surface area contributed by atoms with Crippen molar-refractivity contribution in [3.8, 4) is 17.2 Å². The number of pyridine rings is 2. The number of rotatable bonds is 8. The molecule has 0 fully saturated rings. The maximum absolute atomic E-state index is 12.5. The van der Waals surface area contributed by atoms with Crippen LogP contribution in [0.15, 0.2) is 55.1 Å². The number of amides is 1. The van der Waals surface area contributed by atoms with Crippen molar-refractivity contribution in [3.05, 3.63) is 66.2 Å². The molecule has 3 aromatic rings. The van der Waals surface area contributed by atoms with Crippen molar-refractivity contribution >= 4 is 17.3 Å². The maximum atomic E-state index is 12.5. The Bertz CT molecular complexity index is 954. The number of nitrogens with one attached hydrogen (secondary N) is 2. The summed E-state index contributed by atoms with van der Waals surface area (Å²) in [6.07, 6.45) is 6.51. The van der Waals surface area contributed by atoms with E-state index >= 15 is 0 Å². The average Bonchev–Trinajstić information content (AvgIpc) is 2.77. The van der Waals surface area contributed by atoms with Crippen LogP contribution in [0.1, 0.15) is 15.9 Å². The fourth-order valence-corrected chi connectivity index (χ4v) is 2.74. The third-order valence-electron chi connectivity index (χ3n) is 4.16. The molecule has 0 saturated heterocycles. The Balaban J connectivity index is 1.75. The van der Waals surface area contributed by atoms with Gasteiger partial charge in [0.2, 0.25) is 5.75 Å². The number of anilines is 2. The van der Waals surface area contributed by atoms with E-state index in [1.165, 1.54) is 6.20 Å². The third kappa shape index (κ3) is 4.92. The van der Waals surface area contributed by atoms with Crippen molar-refractivity contribution in [3.63, 3.8) is 0 Å². The summed E-state index contributed by atoms with van der Waals surface area (Å²) >= 11 is 0. The monoisotopic (exact) mass is 394 g/mol. The van der Waals surface area contributed by atoms with Crippen LogP contribution in [0.2, 0.25) is 0 Å².